The van der Waals surface area contributed by atoms with Crippen LogP contribution < -0.4 is 31.9 Å². The summed E-state index contributed by atoms with van der Waals surface area (Å²) >= 11 is 0. The molecule has 1 unspecified atom stereocenters. The van der Waals surface area contributed by atoms with Crippen LogP contribution in [0.25, 0.3) is 11.0 Å². The van der Waals surface area contributed by atoms with Crippen LogP contribution in [-0.4, -0.2) is 6.10 Å². The normalized spacial score (nSPS) is 15.0. The molecule has 0 fully saturated rings. The smallest absolute Gasteiger partial charge is 0.354 e. The van der Waals surface area contributed by atoms with Gasteiger partial charge in [0.2, 0.25) is 0 Å². The van der Waals surface area contributed by atoms with Crippen LogP contribution >= 0.6 is 0 Å². The van der Waals surface area contributed by atoms with Crippen LogP contribution in [0.15, 0.2) is 45.9 Å². The van der Waals surface area contributed by atoms with Gasteiger partial charge in [0.25, 0.3) is 0 Å². The SMILES string of the molecule is Cc1c(C#N)c(=O)oc2c(C)c3c(cc12)CC(C[n+]1ccccc1)O3.[Br-]. The molecular weight excluding hydrogens is 396 g/mol. The molecule has 1 atom stereocenters. The summed E-state index contributed by atoms with van der Waals surface area (Å²) in [6.07, 6.45) is 4.84. The fourth-order valence-electron chi connectivity index (χ4n) is 3.48. The van der Waals surface area contributed by atoms with Gasteiger partial charge in [0.15, 0.2) is 25.0 Å². The molecule has 0 saturated carbocycles. The molecule has 3 heterocycles. The minimum Gasteiger partial charge on any atom is -1.00 e. The summed E-state index contributed by atoms with van der Waals surface area (Å²) in [5, 5.41) is 10.00. The van der Waals surface area contributed by atoms with E-state index in [0.717, 1.165) is 35.2 Å². The first-order valence-electron chi connectivity index (χ1n) is 8.19. The molecule has 0 saturated heterocycles. The highest BCUT2D eigenvalue weighted by Gasteiger charge is 2.30. The zero-order valence-electron chi connectivity index (χ0n) is 14.5. The summed E-state index contributed by atoms with van der Waals surface area (Å²) in [7, 11) is 0. The van der Waals surface area contributed by atoms with Crippen LogP contribution in [0.2, 0.25) is 0 Å². The highest BCUT2D eigenvalue weighted by Crippen LogP contribution is 2.38. The number of nitriles is 1. The maximum atomic E-state index is 12.0. The summed E-state index contributed by atoms with van der Waals surface area (Å²) in [4.78, 5) is 12.0. The van der Waals surface area contributed by atoms with E-state index in [1.807, 2.05) is 49.7 Å². The topological polar surface area (TPSA) is 67.1 Å². The number of aryl methyl sites for hydroxylation is 2. The lowest BCUT2D eigenvalue weighted by Crippen LogP contribution is -3.00. The van der Waals surface area contributed by atoms with Gasteiger partial charge in [0.1, 0.15) is 23.0 Å². The number of hydrogen-bond donors (Lipinski definition) is 0. The Labute approximate surface area is 161 Å². The highest BCUT2D eigenvalue weighted by molar-refractivity contribution is 5.87. The highest BCUT2D eigenvalue weighted by atomic mass is 79.9. The molecule has 0 bridgehead atoms. The quantitative estimate of drug-likeness (QED) is 0.423. The average Bonchev–Trinajstić information content (AvgIpc) is 3.00. The minimum absolute atomic E-state index is 0. The number of pyridine rings is 1. The van der Waals surface area contributed by atoms with E-state index in [-0.39, 0.29) is 28.6 Å². The van der Waals surface area contributed by atoms with Gasteiger partial charge in [0.05, 0.1) is 0 Å². The van der Waals surface area contributed by atoms with Crippen LogP contribution in [0.4, 0.5) is 0 Å². The maximum absolute atomic E-state index is 12.0. The zero-order chi connectivity index (χ0) is 17.6. The molecule has 0 amide bonds. The van der Waals surface area contributed by atoms with E-state index >= 15 is 0 Å². The van der Waals surface area contributed by atoms with Gasteiger partial charge in [-0.3, -0.25) is 0 Å². The number of aromatic nitrogens is 1. The van der Waals surface area contributed by atoms with Crippen molar-refractivity contribution >= 4 is 11.0 Å². The van der Waals surface area contributed by atoms with Crippen molar-refractivity contribution in [3.8, 4) is 11.8 Å². The van der Waals surface area contributed by atoms with E-state index in [2.05, 4.69) is 4.57 Å². The second-order valence-electron chi connectivity index (χ2n) is 6.38. The second kappa shape index (κ2) is 6.93. The number of nitrogens with zero attached hydrogens (tertiary/aromatic N) is 2. The third-order valence-electron chi connectivity index (χ3n) is 4.75. The van der Waals surface area contributed by atoms with Gasteiger partial charge in [0, 0.05) is 29.5 Å². The molecule has 3 aromatic rings. The second-order valence-corrected chi connectivity index (χ2v) is 6.38. The van der Waals surface area contributed by atoms with Gasteiger partial charge in [-0.2, -0.15) is 5.26 Å². The third kappa shape index (κ3) is 2.89. The molecule has 26 heavy (non-hydrogen) atoms. The molecule has 1 aliphatic rings. The monoisotopic (exact) mass is 412 g/mol. The first-order valence-corrected chi connectivity index (χ1v) is 8.19. The standard InChI is InChI=1S/C20H17N2O3.BrH/c1-12-16-9-14-8-15(11-22-6-4-3-5-7-22)24-18(14)13(2)19(16)25-20(23)17(12)10-21;/h3-7,9,15H,8,11H2,1-2H3;1H/q+1;/p-1. The van der Waals surface area contributed by atoms with Gasteiger partial charge in [-0.05, 0) is 31.0 Å². The fraction of sp³-hybridized carbons (Fsp3) is 0.250. The Kier molecular flexibility index (Phi) is 4.84. The Bertz CT molecular complexity index is 1080. The number of benzene rings is 1. The van der Waals surface area contributed by atoms with Gasteiger partial charge in [-0.1, -0.05) is 6.07 Å². The first kappa shape index (κ1) is 18.2. The summed E-state index contributed by atoms with van der Waals surface area (Å²) in [6, 6.07) is 9.90. The van der Waals surface area contributed by atoms with Crippen LogP contribution in [0.1, 0.15) is 22.3 Å². The van der Waals surface area contributed by atoms with Crippen LogP contribution in [0.3, 0.4) is 0 Å². The van der Waals surface area contributed by atoms with Crippen molar-refractivity contribution < 1.29 is 30.7 Å². The summed E-state index contributed by atoms with van der Waals surface area (Å²) < 4.78 is 13.6. The molecule has 1 aromatic carbocycles. The van der Waals surface area contributed by atoms with Crippen LogP contribution in [-0.2, 0) is 13.0 Å². The Hall–Kier alpha value is -2.65. The van der Waals surface area contributed by atoms with Gasteiger partial charge >= 0.3 is 5.63 Å². The van der Waals surface area contributed by atoms with E-state index in [1.54, 1.807) is 6.92 Å². The van der Waals surface area contributed by atoms with Crippen LogP contribution in [0.5, 0.6) is 5.75 Å². The number of rotatable bonds is 2. The van der Waals surface area contributed by atoms with E-state index in [9.17, 15) is 10.1 Å². The fourth-order valence-corrected chi connectivity index (χ4v) is 3.48. The average molecular weight is 413 g/mol. The van der Waals surface area contributed by atoms with E-state index in [0.29, 0.717) is 11.1 Å². The maximum Gasteiger partial charge on any atom is 0.354 e. The molecule has 0 radical (unpaired) electrons. The molecule has 4 rings (SSSR count). The summed E-state index contributed by atoms with van der Waals surface area (Å²) in [5.74, 6) is 0.793. The van der Waals surface area contributed by atoms with E-state index < -0.39 is 5.63 Å². The van der Waals surface area contributed by atoms with Crippen molar-refractivity contribution in [3.05, 3.63) is 69.3 Å². The van der Waals surface area contributed by atoms with Gasteiger partial charge in [-0.25, -0.2) is 9.36 Å². The predicted octanol–water partition coefficient (Wildman–Crippen LogP) is -0.423. The number of ether oxygens (including phenoxy) is 1. The summed E-state index contributed by atoms with van der Waals surface area (Å²) in [6.45, 7) is 4.43. The first-order chi connectivity index (χ1) is 12.1. The van der Waals surface area contributed by atoms with Crippen molar-refractivity contribution in [1.29, 1.82) is 5.26 Å². The molecule has 5 nitrogen and oxygen atoms in total. The lowest BCUT2D eigenvalue weighted by molar-refractivity contribution is -0.702. The number of fused-ring (bicyclic) bond motifs is 2. The molecule has 0 spiro atoms. The molecule has 6 heteroatoms. The largest absolute Gasteiger partial charge is 1.00 e. The van der Waals surface area contributed by atoms with Crippen molar-refractivity contribution in [2.75, 3.05) is 0 Å². The Morgan fingerprint density at radius 1 is 1.23 bits per heavy atom. The molecule has 1 aliphatic heterocycles. The number of halogens is 1. The molecule has 0 aliphatic carbocycles. The van der Waals surface area contributed by atoms with Gasteiger partial charge in [-0.15, -0.1) is 0 Å². The number of hydrogen-bond acceptors (Lipinski definition) is 4. The van der Waals surface area contributed by atoms with Gasteiger partial charge < -0.3 is 26.1 Å². The van der Waals surface area contributed by atoms with Crippen molar-refractivity contribution in [2.24, 2.45) is 0 Å². The molecular formula is C20H17BrN2O3. The minimum atomic E-state index is -0.593. The lowest BCUT2D eigenvalue weighted by Gasteiger charge is -2.10. The van der Waals surface area contributed by atoms with Crippen LogP contribution in [0, 0.1) is 25.2 Å². The Morgan fingerprint density at radius 2 is 1.96 bits per heavy atom. The Balaban J connectivity index is 0.00000196. The van der Waals surface area contributed by atoms with Crippen molar-refractivity contribution in [1.82, 2.24) is 0 Å². The molecule has 132 valence electrons. The third-order valence-corrected chi connectivity index (χ3v) is 4.75. The summed E-state index contributed by atoms with van der Waals surface area (Å²) in [5.41, 5.74) is 2.56. The Morgan fingerprint density at radius 3 is 2.65 bits per heavy atom. The predicted molar refractivity (Wildman–Crippen MR) is 91.4 cm³/mol. The molecule has 0 N–H and O–H groups in total. The van der Waals surface area contributed by atoms with E-state index in [4.69, 9.17) is 9.15 Å². The molecule has 2 aromatic heterocycles. The van der Waals surface area contributed by atoms with E-state index in [1.165, 1.54) is 0 Å². The van der Waals surface area contributed by atoms with Crippen molar-refractivity contribution in [2.45, 2.75) is 32.9 Å². The van der Waals surface area contributed by atoms with Crippen molar-refractivity contribution in [3.63, 3.8) is 0 Å². The zero-order valence-corrected chi connectivity index (χ0v) is 16.0. The lowest BCUT2D eigenvalue weighted by atomic mass is 9.99.